The zero-order valence-corrected chi connectivity index (χ0v) is 4.94. The van der Waals surface area contributed by atoms with Crippen LogP contribution in [0, 0.1) is 6.92 Å². The van der Waals surface area contributed by atoms with Gasteiger partial charge < -0.3 is 5.11 Å². The molecule has 0 saturated carbocycles. The SMILES string of the molecule is [CH2-]/C(=C/C)CO.[Li+]. The maximum atomic E-state index is 8.20. The fourth-order valence-electron chi connectivity index (χ4n) is 0.0913. The molecule has 0 fully saturated rings. The summed E-state index contributed by atoms with van der Waals surface area (Å²) in [4.78, 5) is 0. The first-order valence-electron chi connectivity index (χ1n) is 1.89. The van der Waals surface area contributed by atoms with Gasteiger partial charge in [-0.05, 0) is 0 Å². The number of rotatable bonds is 1. The van der Waals surface area contributed by atoms with Crippen molar-refractivity contribution in [3.8, 4) is 0 Å². The number of hydrogen-bond acceptors (Lipinski definition) is 1. The molecular formula is C5H9LiO. The number of hydrogen-bond donors (Lipinski definition) is 1. The summed E-state index contributed by atoms with van der Waals surface area (Å²) in [6, 6.07) is 0. The molecule has 0 unspecified atom stereocenters. The van der Waals surface area contributed by atoms with Crippen LogP contribution in [0.25, 0.3) is 0 Å². The molecule has 0 bridgehead atoms. The Hall–Kier alpha value is 0.167. The molecule has 0 spiro atoms. The van der Waals surface area contributed by atoms with Crippen molar-refractivity contribution in [3.05, 3.63) is 18.6 Å². The molecule has 0 aliphatic heterocycles. The van der Waals surface area contributed by atoms with Gasteiger partial charge in [0.05, 0.1) is 0 Å². The van der Waals surface area contributed by atoms with E-state index in [4.69, 9.17) is 5.11 Å². The first kappa shape index (κ1) is 10.2. The van der Waals surface area contributed by atoms with Crippen LogP contribution in [-0.4, -0.2) is 11.7 Å². The normalized spacial score (nSPS) is 10.3. The monoisotopic (exact) mass is 92.1 g/mol. The van der Waals surface area contributed by atoms with Crippen LogP contribution in [0.5, 0.6) is 0 Å². The molecule has 0 rings (SSSR count). The van der Waals surface area contributed by atoms with Gasteiger partial charge in [0, 0.05) is 6.61 Å². The third-order valence-corrected chi connectivity index (χ3v) is 0.611. The van der Waals surface area contributed by atoms with Gasteiger partial charge in [0.25, 0.3) is 0 Å². The number of allylic oxidation sites excluding steroid dienone is 1. The molecule has 2 heteroatoms. The van der Waals surface area contributed by atoms with E-state index < -0.39 is 0 Å². The largest absolute Gasteiger partial charge is 1.00 e. The van der Waals surface area contributed by atoms with E-state index in [1.54, 1.807) is 6.08 Å². The predicted octanol–water partition coefficient (Wildman–Crippen LogP) is -2.24. The van der Waals surface area contributed by atoms with Crippen molar-refractivity contribution in [3.63, 3.8) is 0 Å². The topological polar surface area (TPSA) is 20.2 Å². The van der Waals surface area contributed by atoms with Crippen LogP contribution in [0.15, 0.2) is 11.6 Å². The predicted molar refractivity (Wildman–Crippen MR) is 26.2 cm³/mol. The zero-order valence-electron chi connectivity index (χ0n) is 4.94. The van der Waals surface area contributed by atoms with Gasteiger partial charge in [-0.3, -0.25) is 0 Å². The molecule has 0 aromatic heterocycles. The van der Waals surface area contributed by atoms with Gasteiger partial charge in [0.15, 0.2) is 0 Å². The second-order valence-electron chi connectivity index (χ2n) is 1.11. The quantitative estimate of drug-likeness (QED) is 0.286. The van der Waals surface area contributed by atoms with Crippen LogP contribution in [0.1, 0.15) is 6.92 Å². The molecule has 7 heavy (non-hydrogen) atoms. The van der Waals surface area contributed by atoms with Crippen LogP contribution in [0.3, 0.4) is 0 Å². The molecule has 0 aromatic rings. The molecule has 0 radical (unpaired) electrons. The molecule has 1 N–H and O–H groups in total. The summed E-state index contributed by atoms with van der Waals surface area (Å²) in [5.74, 6) is 0. The van der Waals surface area contributed by atoms with Gasteiger partial charge >= 0.3 is 18.9 Å². The Labute approximate surface area is 56.6 Å². The minimum absolute atomic E-state index is 0. The van der Waals surface area contributed by atoms with Gasteiger partial charge in [-0.1, -0.05) is 0 Å². The Morgan fingerprint density at radius 2 is 2.29 bits per heavy atom. The summed E-state index contributed by atoms with van der Waals surface area (Å²) in [6.07, 6.45) is 1.78. The molecule has 0 aliphatic rings. The average molecular weight is 92.1 g/mol. The van der Waals surface area contributed by atoms with E-state index in [-0.39, 0.29) is 25.5 Å². The Morgan fingerprint density at radius 1 is 1.86 bits per heavy atom. The smallest absolute Gasteiger partial charge is 0.395 e. The van der Waals surface area contributed by atoms with E-state index in [1.807, 2.05) is 6.92 Å². The number of aliphatic hydroxyl groups excluding tert-OH is 1. The van der Waals surface area contributed by atoms with Crippen molar-refractivity contribution >= 4 is 0 Å². The second-order valence-corrected chi connectivity index (χ2v) is 1.11. The zero-order chi connectivity index (χ0) is 4.99. The van der Waals surface area contributed by atoms with E-state index in [0.29, 0.717) is 0 Å². The van der Waals surface area contributed by atoms with Crippen molar-refractivity contribution < 1.29 is 24.0 Å². The second kappa shape index (κ2) is 6.17. The van der Waals surface area contributed by atoms with Crippen molar-refractivity contribution in [2.75, 3.05) is 6.61 Å². The molecule has 0 atom stereocenters. The van der Waals surface area contributed by atoms with E-state index >= 15 is 0 Å². The van der Waals surface area contributed by atoms with E-state index in [1.165, 1.54) is 0 Å². The Bertz CT molecular complexity index is 59.1. The Kier molecular flexibility index (Phi) is 9.00. The molecule has 0 aromatic carbocycles. The van der Waals surface area contributed by atoms with Crippen molar-refractivity contribution in [1.82, 2.24) is 0 Å². The van der Waals surface area contributed by atoms with Crippen LogP contribution in [-0.2, 0) is 0 Å². The summed E-state index contributed by atoms with van der Waals surface area (Å²) < 4.78 is 0. The average Bonchev–Trinajstić information content (AvgIpc) is 1.65. The van der Waals surface area contributed by atoms with Crippen molar-refractivity contribution in [2.24, 2.45) is 0 Å². The third kappa shape index (κ3) is 6.17. The van der Waals surface area contributed by atoms with Crippen molar-refractivity contribution in [1.29, 1.82) is 0 Å². The fraction of sp³-hybridized carbons (Fsp3) is 0.400. The molecule has 0 amide bonds. The van der Waals surface area contributed by atoms with Gasteiger partial charge in [0.2, 0.25) is 0 Å². The van der Waals surface area contributed by atoms with Crippen LogP contribution in [0.2, 0.25) is 0 Å². The first-order chi connectivity index (χ1) is 2.81. The summed E-state index contributed by atoms with van der Waals surface area (Å²) in [7, 11) is 0. The standard InChI is InChI=1S/C5H9O.Li/c1-3-5(2)4-6;/h3,6H,2,4H2,1H3;/q-1;+1/b5-3-;. The van der Waals surface area contributed by atoms with Gasteiger partial charge in [-0.15, -0.1) is 6.92 Å². The van der Waals surface area contributed by atoms with E-state index in [0.717, 1.165) is 5.57 Å². The molecule has 36 valence electrons. The first-order valence-corrected chi connectivity index (χ1v) is 1.89. The van der Waals surface area contributed by atoms with E-state index in [9.17, 15) is 0 Å². The Morgan fingerprint density at radius 3 is 2.29 bits per heavy atom. The van der Waals surface area contributed by atoms with E-state index in [2.05, 4.69) is 6.92 Å². The summed E-state index contributed by atoms with van der Waals surface area (Å²) >= 11 is 0. The minimum atomic E-state index is 0. The van der Waals surface area contributed by atoms with Crippen molar-refractivity contribution in [2.45, 2.75) is 6.92 Å². The van der Waals surface area contributed by atoms with Gasteiger partial charge in [-0.25, -0.2) is 13.0 Å². The maximum absolute atomic E-state index is 8.20. The van der Waals surface area contributed by atoms with Crippen LogP contribution >= 0.6 is 0 Å². The summed E-state index contributed by atoms with van der Waals surface area (Å²) in [6.45, 7) is 5.41. The molecule has 0 saturated heterocycles. The number of aliphatic hydroxyl groups is 1. The summed E-state index contributed by atoms with van der Waals surface area (Å²) in [5, 5.41) is 8.20. The summed E-state index contributed by atoms with van der Waals surface area (Å²) in [5.41, 5.74) is 0.773. The van der Waals surface area contributed by atoms with Crippen LogP contribution < -0.4 is 18.9 Å². The maximum Gasteiger partial charge on any atom is 1.00 e. The third-order valence-electron chi connectivity index (χ3n) is 0.611. The fourth-order valence-corrected chi connectivity index (χ4v) is 0.0913. The van der Waals surface area contributed by atoms with Gasteiger partial charge in [-0.2, -0.15) is 5.57 Å². The van der Waals surface area contributed by atoms with Gasteiger partial charge in [0.1, 0.15) is 0 Å². The molecule has 1 nitrogen and oxygen atoms in total. The minimum Gasteiger partial charge on any atom is -0.395 e. The molecule has 0 aliphatic carbocycles. The Balaban J connectivity index is 0. The molecule has 0 heterocycles. The van der Waals surface area contributed by atoms with Crippen LogP contribution in [0.4, 0.5) is 0 Å². The molecular weight excluding hydrogens is 83.0 g/mol.